The molecule has 0 aliphatic rings. The van der Waals surface area contributed by atoms with Crippen LogP contribution in [0.1, 0.15) is 19.3 Å². The number of nitrogens with two attached hydrogens (primary N) is 1. The third kappa shape index (κ3) is 5.68. The predicted molar refractivity (Wildman–Crippen MR) is 77.6 cm³/mol. The second-order valence-corrected chi connectivity index (χ2v) is 5.93. The molecule has 0 saturated carbocycles. The second-order valence-electron chi connectivity index (χ2n) is 4.25. The van der Waals surface area contributed by atoms with E-state index in [0.717, 1.165) is 0 Å². The average Bonchev–Trinajstić information content (AvgIpc) is 2.53. The van der Waals surface area contributed by atoms with Crippen molar-refractivity contribution in [1.82, 2.24) is 15.7 Å². The topological polar surface area (TPSA) is 140 Å². The fourth-order valence-corrected chi connectivity index (χ4v) is 2.34. The molecule has 1 aromatic carbocycles. The number of hydrogen-bond acceptors (Lipinski definition) is 6. The van der Waals surface area contributed by atoms with Gasteiger partial charge in [0.1, 0.15) is 5.75 Å². The first kappa shape index (κ1) is 17.9. The molecule has 9 nitrogen and oxygen atoms in total. The third-order valence-electron chi connectivity index (χ3n) is 2.66. The van der Waals surface area contributed by atoms with Crippen molar-refractivity contribution in [2.45, 2.75) is 24.2 Å². The van der Waals surface area contributed by atoms with Crippen molar-refractivity contribution in [2.24, 2.45) is 5.84 Å². The molecule has 0 fully saturated rings. The minimum absolute atomic E-state index is 0.0153. The number of ether oxygens (including phenoxy) is 1. The van der Waals surface area contributed by atoms with Gasteiger partial charge >= 0.3 is 0 Å². The summed E-state index contributed by atoms with van der Waals surface area (Å²) in [6.07, 6.45) is 0.312. The number of hydrazine groups is 2. The molecule has 0 radical (unpaired) electrons. The first-order valence-corrected chi connectivity index (χ1v) is 7.81. The summed E-state index contributed by atoms with van der Waals surface area (Å²) in [5, 5.41) is 0. The summed E-state index contributed by atoms with van der Waals surface area (Å²) in [5.41, 5.74) is 4.00. The summed E-state index contributed by atoms with van der Waals surface area (Å²) in [6, 6.07) is 5.67. The molecule has 0 atom stereocenters. The highest BCUT2D eigenvalue weighted by atomic mass is 32.2. The maximum Gasteiger partial charge on any atom is 0.257 e. The number of carbonyl (C=O) groups is 2. The first-order chi connectivity index (χ1) is 10.4. The Morgan fingerprint density at radius 1 is 1.14 bits per heavy atom. The summed E-state index contributed by atoms with van der Waals surface area (Å²) in [7, 11) is -2.40. The summed E-state index contributed by atoms with van der Waals surface area (Å²) in [6.45, 7) is 0. The standard InChI is InChI=1S/C12H18N4O5S/c1-21-9-5-7-10(8-6-9)22(19,20)16-15-12(18)4-2-3-11(17)14-13/h5-8,16H,2-4,13H2,1H3,(H,14,17)(H,15,18). The van der Waals surface area contributed by atoms with E-state index in [-0.39, 0.29) is 24.2 Å². The van der Waals surface area contributed by atoms with Gasteiger partial charge in [0.15, 0.2) is 0 Å². The van der Waals surface area contributed by atoms with Gasteiger partial charge in [0.05, 0.1) is 12.0 Å². The number of amides is 2. The number of carbonyl (C=O) groups excluding carboxylic acids is 2. The number of nitrogens with one attached hydrogen (secondary N) is 3. The molecule has 1 rings (SSSR count). The lowest BCUT2D eigenvalue weighted by atomic mass is 10.2. The molecule has 10 heteroatoms. The molecule has 0 unspecified atom stereocenters. The van der Waals surface area contributed by atoms with Gasteiger partial charge in [-0.1, -0.05) is 0 Å². The van der Waals surface area contributed by atoms with E-state index < -0.39 is 21.8 Å². The molecule has 0 heterocycles. The fraction of sp³-hybridized carbons (Fsp3) is 0.333. The Hall–Kier alpha value is -2.17. The van der Waals surface area contributed by atoms with Crippen LogP contribution in [0.4, 0.5) is 0 Å². The minimum Gasteiger partial charge on any atom is -0.497 e. The quantitative estimate of drug-likeness (QED) is 0.278. The molecule has 0 bridgehead atoms. The molecule has 0 spiro atoms. The maximum absolute atomic E-state index is 11.9. The van der Waals surface area contributed by atoms with Gasteiger partial charge in [0.2, 0.25) is 11.8 Å². The van der Waals surface area contributed by atoms with Gasteiger partial charge in [-0.25, -0.2) is 14.3 Å². The normalized spacial score (nSPS) is 10.8. The average molecular weight is 330 g/mol. The molecular formula is C12H18N4O5S. The van der Waals surface area contributed by atoms with Gasteiger partial charge in [-0.2, -0.15) is 0 Å². The van der Waals surface area contributed by atoms with E-state index in [1.807, 2.05) is 10.3 Å². The smallest absolute Gasteiger partial charge is 0.257 e. The molecular weight excluding hydrogens is 312 g/mol. The molecule has 22 heavy (non-hydrogen) atoms. The van der Waals surface area contributed by atoms with Crippen molar-refractivity contribution in [3.8, 4) is 5.75 Å². The molecule has 1 aromatic rings. The first-order valence-electron chi connectivity index (χ1n) is 6.33. The van der Waals surface area contributed by atoms with E-state index in [1.54, 1.807) is 0 Å². The van der Waals surface area contributed by atoms with Crippen LogP contribution in [0.3, 0.4) is 0 Å². The van der Waals surface area contributed by atoms with Gasteiger partial charge in [-0.05, 0) is 30.7 Å². The van der Waals surface area contributed by atoms with Gasteiger partial charge in [0.25, 0.3) is 10.0 Å². The zero-order valence-corrected chi connectivity index (χ0v) is 12.8. The van der Waals surface area contributed by atoms with Gasteiger partial charge < -0.3 is 4.74 Å². The van der Waals surface area contributed by atoms with Gasteiger partial charge in [-0.3, -0.25) is 20.4 Å². The number of sulfonamides is 1. The van der Waals surface area contributed by atoms with E-state index in [9.17, 15) is 18.0 Å². The predicted octanol–water partition coefficient (Wildman–Crippen LogP) is -0.835. The number of hydrogen-bond donors (Lipinski definition) is 4. The molecule has 0 aliphatic carbocycles. The summed E-state index contributed by atoms with van der Waals surface area (Å²) < 4.78 is 28.8. The summed E-state index contributed by atoms with van der Waals surface area (Å²) in [4.78, 5) is 24.3. The Kier molecular flexibility index (Phi) is 6.76. The van der Waals surface area contributed by atoms with Crippen molar-refractivity contribution in [2.75, 3.05) is 7.11 Å². The Morgan fingerprint density at radius 2 is 1.73 bits per heavy atom. The van der Waals surface area contributed by atoms with Crippen LogP contribution in [0.5, 0.6) is 5.75 Å². The molecule has 2 amide bonds. The van der Waals surface area contributed by atoms with Crippen LogP contribution in [-0.4, -0.2) is 27.3 Å². The van der Waals surface area contributed by atoms with Crippen molar-refractivity contribution < 1.29 is 22.7 Å². The monoisotopic (exact) mass is 330 g/mol. The molecule has 0 aliphatic heterocycles. The van der Waals surface area contributed by atoms with Crippen LogP contribution in [0.25, 0.3) is 0 Å². The number of methoxy groups -OCH3 is 1. The van der Waals surface area contributed by atoms with Crippen molar-refractivity contribution in [1.29, 1.82) is 0 Å². The lowest BCUT2D eigenvalue weighted by Gasteiger charge is -2.09. The highest BCUT2D eigenvalue weighted by Crippen LogP contribution is 2.14. The minimum atomic E-state index is -3.86. The second kappa shape index (κ2) is 8.32. The van der Waals surface area contributed by atoms with E-state index in [1.165, 1.54) is 31.4 Å². The van der Waals surface area contributed by atoms with Crippen LogP contribution in [-0.2, 0) is 19.6 Å². The van der Waals surface area contributed by atoms with E-state index in [2.05, 4.69) is 5.43 Å². The zero-order chi connectivity index (χ0) is 16.6. The molecule has 5 N–H and O–H groups in total. The highest BCUT2D eigenvalue weighted by Gasteiger charge is 2.15. The Morgan fingerprint density at radius 3 is 2.27 bits per heavy atom. The maximum atomic E-state index is 11.9. The number of rotatable bonds is 8. The highest BCUT2D eigenvalue weighted by molar-refractivity contribution is 7.89. The largest absolute Gasteiger partial charge is 0.497 e. The van der Waals surface area contributed by atoms with Crippen molar-refractivity contribution in [3.05, 3.63) is 24.3 Å². The van der Waals surface area contributed by atoms with Crippen molar-refractivity contribution >= 4 is 21.8 Å². The lowest BCUT2D eigenvalue weighted by molar-refractivity contribution is -0.122. The molecule has 0 aromatic heterocycles. The van der Waals surface area contributed by atoms with Crippen LogP contribution in [0.15, 0.2) is 29.2 Å². The summed E-state index contributed by atoms with van der Waals surface area (Å²) in [5.74, 6) is 4.45. The van der Waals surface area contributed by atoms with Crippen LogP contribution >= 0.6 is 0 Å². The Bertz CT molecular complexity index is 615. The SMILES string of the molecule is COc1ccc(S(=O)(=O)NNC(=O)CCCC(=O)NN)cc1. The Labute approximate surface area is 128 Å². The van der Waals surface area contributed by atoms with Crippen LogP contribution in [0, 0.1) is 0 Å². The van der Waals surface area contributed by atoms with Crippen LogP contribution < -0.4 is 26.3 Å². The number of benzene rings is 1. The molecule has 0 saturated heterocycles. The summed E-state index contributed by atoms with van der Waals surface area (Å²) >= 11 is 0. The van der Waals surface area contributed by atoms with E-state index in [0.29, 0.717) is 5.75 Å². The van der Waals surface area contributed by atoms with Crippen LogP contribution in [0.2, 0.25) is 0 Å². The van der Waals surface area contributed by atoms with Crippen molar-refractivity contribution in [3.63, 3.8) is 0 Å². The zero-order valence-electron chi connectivity index (χ0n) is 12.0. The lowest BCUT2D eigenvalue weighted by Crippen LogP contribution is -2.41. The van der Waals surface area contributed by atoms with Gasteiger partial charge in [0, 0.05) is 12.8 Å². The molecule has 122 valence electrons. The van der Waals surface area contributed by atoms with E-state index >= 15 is 0 Å². The van der Waals surface area contributed by atoms with Gasteiger partial charge in [-0.15, -0.1) is 4.83 Å². The van der Waals surface area contributed by atoms with E-state index in [4.69, 9.17) is 10.6 Å². The Balaban J connectivity index is 2.47. The third-order valence-corrected chi connectivity index (χ3v) is 3.93. The fourth-order valence-electron chi connectivity index (χ4n) is 1.48.